The van der Waals surface area contributed by atoms with E-state index in [4.69, 9.17) is 25.8 Å². The molecule has 0 bridgehead atoms. The first-order valence-corrected chi connectivity index (χ1v) is 11.3. The van der Waals surface area contributed by atoms with E-state index >= 15 is 0 Å². The molecule has 168 valence electrons. The van der Waals surface area contributed by atoms with Crippen LogP contribution in [0.25, 0.3) is 0 Å². The normalized spacial score (nSPS) is 15.5. The molecule has 31 heavy (non-hydrogen) atoms. The van der Waals surface area contributed by atoms with Crippen LogP contribution in [0.4, 0.5) is 0 Å². The first-order chi connectivity index (χ1) is 15.0. The third kappa shape index (κ3) is 5.45. The minimum atomic E-state index is -0.198. The first kappa shape index (κ1) is 23.3. The van der Waals surface area contributed by atoms with E-state index in [2.05, 4.69) is 26.0 Å². The van der Waals surface area contributed by atoms with Crippen molar-refractivity contribution in [1.29, 1.82) is 0 Å². The molecule has 0 aromatic heterocycles. The molecule has 0 aliphatic carbocycles. The molecule has 1 amide bonds. The van der Waals surface area contributed by atoms with E-state index in [9.17, 15) is 4.79 Å². The molecule has 0 radical (unpaired) electrons. The van der Waals surface area contributed by atoms with Crippen molar-refractivity contribution in [3.8, 4) is 17.2 Å². The Balaban J connectivity index is 1.88. The van der Waals surface area contributed by atoms with Crippen LogP contribution in [0.5, 0.6) is 17.2 Å². The third-order valence-electron chi connectivity index (χ3n) is 5.80. The average molecular weight is 446 g/mol. The lowest BCUT2D eigenvalue weighted by atomic mass is 9.91. The quantitative estimate of drug-likeness (QED) is 0.488. The molecule has 0 fully saturated rings. The van der Waals surface area contributed by atoms with Crippen LogP contribution in [0.1, 0.15) is 55.3 Å². The van der Waals surface area contributed by atoms with Crippen LogP contribution in [0.2, 0.25) is 0 Å². The summed E-state index contributed by atoms with van der Waals surface area (Å²) in [6, 6.07) is 12.0. The molecule has 3 rings (SSSR count). The summed E-state index contributed by atoms with van der Waals surface area (Å²) in [4.78, 5) is 14.9. The second-order valence-electron chi connectivity index (χ2n) is 8.09. The van der Waals surface area contributed by atoms with Crippen LogP contribution in [0, 0.1) is 0 Å². The Morgan fingerprint density at radius 1 is 1.13 bits per heavy atom. The van der Waals surface area contributed by atoms with Gasteiger partial charge in [0.15, 0.2) is 11.5 Å². The highest BCUT2D eigenvalue weighted by Crippen LogP contribution is 2.38. The number of halogens is 1. The Labute approximate surface area is 190 Å². The lowest BCUT2D eigenvalue weighted by Crippen LogP contribution is -2.42. The summed E-state index contributed by atoms with van der Waals surface area (Å²) in [5.41, 5.74) is 3.47. The van der Waals surface area contributed by atoms with E-state index in [0.717, 1.165) is 23.3 Å². The van der Waals surface area contributed by atoms with Crippen LogP contribution in [-0.2, 0) is 11.2 Å². The molecule has 5 nitrogen and oxygen atoms in total. The van der Waals surface area contributed by atoms with Crippen LogP contribution in [0.15, 0.2) is 36.4 Å². The minimum Gasteiger partial charge on any atom is -0.493 e. The fourth-order valence-corrected chi connectivity index (χ4v) is 4.13. The van der Waals surface area contributed by atoms with Gasteiger partial charge in [-0.1, -0.05) is 26.0 Å². The zero-order chi connectivity index (χ0) is 22.4. The number of fused-ring (bicyclic) bond motifs is 1. The number of hydrogen-bond acceptors (Lipinski definition) is 4. The maximum Gasteiger partial charge on any atom is 0.223 e. The molecule has 0 saturated heterocycles. The molecule has 2 aromatic carbocycles. The van der Waals surface area contributed by atoms with E-state index in [1.54, 1.807) is 14.2 Å². The van der Waals surface area contributed by atoms with Crippen molar-refractivity contribution < 1.29 is 19.0 Å². The Morgan fingerprint density at radius 2 is 1.81 bits per heavy atom. The summed E-state index contributed by atoms with van der Waals surface area (Å²) < 4.78 is 17.2. The number of alkyl halides is 1. The summed E-state index contributed by atoms with van der Waals surface area (Å²) >= 11 is 5.83. The van der Waals surface area contributed by atoms with Gasteiger partial charge in [0.25, 0.3) is 0 Å². The highest BCUT2D eigenvalue weighted by atomic mass is 35.5. The second-order valence-corrected chi connectivity index (χ2v) is 8.46. The number of carbonyl (C=O) groups excluding carboxylic acids is 1. The molecule has 1 heterocycles. The van der Waals surface area contributed by atoms with E-state index in [0.29, 0.717) is 49.3 Å². The Hall–Kier alpha value is -2.40. The number of rotatable bonds is 9. The highest BCUT2D eigenvalue weighted by Gasteiger charge is 2.32. The van der Waals surface area contributed by atoms with Gasteiger partial charge in [0, 0.05) is 18.8 Å². The average Bonchev–Trinajstić information content (AvgIpc) is 2.79. The van der Waals surface area contributed by atoms with Crippen LogP contribution < -0.4 is 14.2 Å². The van der Waals surface area contributed by atoms with Crippen molar-refractivity contribution in [2.24, 2.45) is 0 Å². The predicted molar refractivity (Wildman–Crippen MR) is 124 cm³/mol. The number of ether oxygens (including phenoxy) is 3. The maximum absolute atomic E-state index is 12.9. The van der Waals surface area contributed by atoms with Gasteiger partial charge in [0.2, 0.25) is 5.91 Å². The number of benzene rings is 2. The molecular weight excluding hydrogens is 414 g/mol. The van der Waals surface area contributed by atoms with Gasteiger partial charge < -0.3 is 19.1 Å². The molecule has 0 N–H and O–H groups in total. The zero-order valence-corrected chi connectivity index (χ0v) is 19.6. The van der Waals surface area contributed by atoms with Crippen molar-refractivity contribution >= 4 is 17.5 Å². The van der Waals surface area contributed by atoms with Crippen molar-refractivity contribution in [3.63, 3.8) is 0 Å². The molecule has 1 atom stereocenters. The van der Waals surface area contributed by atoms with E-state index < -0.39 is 0 Å². The number of methoxy groups -OCH3 is 2. The molecule has 1 aliphatic rings. The van der Waals surface area contributed by atoms with E-state index in [1.165, 1.54) is 5.56 Å². The van der Waals surface area contributed by atoms with Crippen LogP contribution >= 0.6 is 11.6 Å². The van der Waals surface area contributed by atoms with Crippen molar-refractivity contribution in [3.05, 3.63) is 53.1 Å². The Bertz CT molecular complexity index is 882. The predicted octanol–water partition coefficient (Wildman–Crippen LogP) is 5.35. The molecule has 0 saturated carbocycles. The number of amides is 1. The molecular formula is C25H32ClNO4. The Kier molecular flexibility index (Phi) is 8.08. The largest absolute Gasteiger partial charge is 0.493 e. The molecule has 2 aromatic rings. The fraction of sp³-hybridized carbons (Fsp3) is 0.480. The second kappa shape index (κ2) is 10.8. The summed E-state index contributed by atoms with van der Waals surface area (Å²) in [6.07, 6.45) is 1.87. The van der Waals surface area contributed by atoms with Gasteiger partial charge in [-0.05, 0) is 59.7 Å². The third-order valence-corrected chi connectivity index (χ3v) is 6.07. The zero-order valence-electron chi connectivity index (χ0n) is 18.8. The van der Waals surface area contributed by atoms with Gasteiger partial charge in [0.1, 0.15) is 12.4 Å². The minimum absolute atomic E-state index is 0.102. The molecule has 0 spiro atoms. The molecule has 1 aliphatic heterocycles. The van der Waals surface area contributed by atoms with Gasteiger partial charge in [-0.3, -0.25) is 4.79 Å². The summed E-state index contributed by atoms with van der Waals surface area (Å²) in [5.74, 6) is 3.20. The van der Waals surface area contributed by atoms with Crippen LogP contribution in [-0.4, -0.2) is 44.1 Å². The first-order valence-electron chi connectivity index (χ1n) is 10.8. The SMILES string of the molecule is COc1cc2c(cc1OC)[C@@H](COc1ccc(C(C)C)cc1)N(C(=O)CCCCl)CC2. The summed E-state index contributed by atoms with van der Waals surface area (Å²) in [7, 11) is 3.26. The molecule has 0 unspecified atom stereocenters. The van der Waals surface area contributed by atoms with Crippen molar-refractivity contribution in [1.82, 2.24) is 4.90 Å². The number of nitrogens with zero attached hydrogens (tertiary/aromatic N) is 1. The summed E-state index contributed by atoms with van der Waals surface area (Å²) in [5, 5.41) is 0. The monoisotopic (exact) mass is 445 g/mol. The smallest absolute Gasteiger partial charge is 0.223 e. The van der Waals surface area contributed by atoms with Gasteiger partial charge in [-0.15, -0.1) is 11.6 Å². The van der Waals surface area contributed by atoms with Gasteiger partial charge >= 0.3 is 0 Å². The van der Waals surface area contributed by atoms with Crippen molar-refractivity contribution in [2.75, 3.05) is 33.3 Å². The van der Waals surface area contributed by atoms with E-state index in [1.807, 2.05) is 29.2 Å². The molecule has 6 heteroatoms. The van der Waals surface area contributed by atoms with Gasteiger partial charge in [-0.2, -0.15) is 0 Å². The maximum atomic E-state index is 12.9. The summed E-state index contributed by atoms with van der Waals surface area (Å²) in [6.45, 7) is 5.35. The fourth-order valence-electron chi connectivity index (χ4n) is 3.99. The van der Waals surface area contributed by atoms with Gasteiger partial charge in [0.05, 0.1) is 20.3 Å². The lowest BCUT2D eigenvalue weighted by Gasteiger charge is -2.37. The van der Waals surface area contributed by atoms with Crippen LogP contribution in [0.3, 0.4) is 0 Å². The standard InChI is InChI=1S/C25H32ClNO4/c1-17(2)18-7-9-20(10-8-18)31-16-22-21-15-24(30-4)23(29-3)14-19(21)11-13-27(22)25(28)6-5-12-26/h7-10,14-15,17,22H,5-6,11-13,16H2,1-4H3/t22-/m1/s1. The van der Waals surface area contributed by atoms with Gasteiger partial charge in [-0.25, -0.2) is 0 Å². The topological polar surface area (TPSA) is 48.0 Å². The lowest BCUT2D eigenvalue weighted by molar-refractivity contribution is -0.134. The van der Waals surface area contributed by atoms with Crippen molar-refractivity contribution in [2.45, 2.75) is 45.1 Å². The van der Waals surface area contributed by atoms with E-state index in [-0.39, 0.29) is 11.9 Å². The number of hydrogen-bond donors (Lipinski definition) is 0. The Morgan fingerprint density at radius 3 is 2.42 bits per heavy atom. The highest BCUT2D eigenvalue weighted by molar-refractivity contribution is 6.17. The number of carbonyl (C=O) groups is 1.